The van der Waals surface area contributed by atoms with E-state index < -0.39 is 39.0 Å². The molecule has 0 saturated heterocycles. The van der Waals surface area contributed by atoms with Crippen molar-refractivity contribution in [1.82, 2.24) is 0 Å². The maximum Gasteiger partial charge on any atom is 0.340 e. The molecule has 20 heavy (non-hydrogen) atoms. The number of methoxy groups -OCH3 is 1. The zero-order valence-corrected chi connectivity index (χ0v) is 11.2. The second-order valence-electron chi connectivity index (χ2n) is 4.19. The molecule has 8 heteroatoms. The number of esters is 1. The van der Waals surface area contributed by atoms with Gasteiger partial charge in [-0.15, -0.1) is 0 Å². The Kier molecular flexibility index (Phi) is 3.76. The van der Waals surface area contributed by atoms with E-state index in [9.17, 15) is 22.0 Å². The molecule has 1 atom stereocenters. The molecule has 5 nitrogen and oxygen atoms in total. The molecule has 2 rings (SSSR count). The quantitative estimate of drug-likeness (QED) is 0.856. The van der Waals surface area contributed by atoms with Crippen molar-refractivity contribution in [3.05, 3.63) is 40.8 Å². The van der Waals surface area contributed by atoms with Gasteiger partial charge in [0.2, 0.25) is 0 Å². The number of sulfone groups is 1. The van der Waals surface area contributed by atoms with Crippen molar-refractivity contribution in [2.45, 2.75) is 6.04 Å². The lowest BCUT2D eigenvalue weighted by Crippen LogP contribution is -2.22. The highest BCUT2D eigenvalue weighted by atomic mass is 32.2. The first-order valence-electron chi connectivity index (χ1n) is 5.58. The molecule has 1 aliphatic heterocycles. The summed E-state index contributed by atoms with van der Waals surface area (Å²) in [6.45, 7) is 0. The highest BCUT2D eigenvalue weighted by Crippen LogP contribution is 2.23. The minimum absolute atomic E-state index is 0.220. The molecule has 0 bridgehead atoms. The lowest BCUT2D eigenvalue weighted by molar-refractivity contribution is 0.0594. The molecule has 0 aliphatic carbocycles. The van der Waals surface area contributed by atoms with Crippen LogP contribution in [0.15, 0.2) is 23.6 Å². The highest BCUT2D eigenvalue weighted by molar-refractivity contribution is 7.94. The Balaban J connectivity index is 2.25. The van der Waals surface area contributed by atoms with E-state index >= 15 is 0 Å². The van der Waals surface area contributed by atoms with Gasteiger partial charge >= 0.3 is 5.97 Å². The summed E-state index contributed by atoms with van der Waals surface area (Å²) < 4.78 is 54.2. The highest BCUT2D eigenvalue weighted by Gasteiger charge is 2.24. The third-order valence-electron chi connectivity index (χ3n) is 2.76. The Hall–Kier alpha value is -1.96. The molecule has 0 amide bonds. The van der Waals surface area contributed by atoms with Crippen LogP contribution < -0.4 is 5.32 Å². The lowest BCUT2D eigenvalue weighted by Gasteiger charge is -2.13. The Bertz CT molecular complexity index is 685. The SMILES string of the molecule is COC(=O)c1ccc(NC2C=CS(=O)(=O)C2)c(F)c1F. The van der Waals surface area contributed by atoms with Gasteiger partial charge in [-0.1, -0.05) is 6.08 Å². The standard InChI is InChI=1S/C12H11F2NO4S/c1-19-12(16)8-2-3-9(11(14)10(8)13)15-7-4-5-20(17,18)6-7/h2-5,7,15H,6H2,1H3. The predicted octanol–water partition coefficient (Wildman–Crippen LogP) is 1.47. The molecule has 1 aromatic carbocycles. The molecule has 1 unspecified atom stereocenters. The summed E-state index contributed by atoms with van der Waals surface area (Å²) in [4.78, 5) is 11.2. The van der Waals surface area contributed by atoms with E-state index in [0.717, 1.165) is 24.7 Å². The van der Waals surface area contributed by atoms with Gasteiger partial charge in [-0.05, 0) is 12.1 Å². The molecule has 108 valence electrons. The minimum Gasteiger partial charge on any atom is -0.465 e. The first-order chi connectivity index (χ1) is 9.34. The van der Waals surface area contributed by atoms with Crippen LogP contribution in [0.5, 0.6) is 0 Å². The number of ether oxygens (including phenoxy) is 1. The minimum atomic E-state index is -3.30. The zero-order chi connectivity index (χ0) is 14.9. The average molecular weight is 303 g/mol. The smallest absolute Gasteiger partial charge is 0.340 e. The fourth-order valence-corrected chi connectivity index (χ4v) is 3.03. The Morgan fingerprint density at radius 3 is 2.60 bits per heavy atom. The summed E-state index contributed by atoms with van der Waals surface area (Å²) in [6.07, 6.45) is 1.35. The van der Waals surface area contributed by atoms with Crippen molar-refractivity contribution in [2.75, 3.05) is 18.2 Å². The van der Waals surface area contributed by atoms with Gasteiger partial charge in [0.15, 0.2) is 21.5 Å². The number of hydrogen-bond acceptors (Lipinski definition) is 5. The largest absolute Gasteiger partial charge is 0.465 e. The van der Waals surface area contributed by atoms with Gasteiger partial charge in [0.1, 0.15) is 0 Å². The molecule has 1 aliphatic rings. The first-order valence-corrected chi connectivity index (χ1v) is 7.29. The van der Waals surface area contributed by atoms with Gasteiger partial charge in [0.05, 0.1) is 30.2 Å². The second-order valence-corrected chi connectivity index (χ2v) is 6.12. The van der Waals surface area contributed by atoms with Gasteiger partial charge < -0.3 is 10.1 Å². The van der Waals surface area contributed by atoms with Crippen LogP contribution in [0.4, 0.5) is 14.5 Å². The molecule has 0 fully saturated rings. The Labute approximate surface area is 114 Å². The van der Waals surface area contributed by atoms with Crippen molar-refractivity contribution >= 4 is 21.5 Å². The van der Waals surface area contributed by atoms with E-state index in [-0.39, 0.29) is 11.4 Å². The molecule has 1 heterocycles. The first kappa shape index (κ1) is 14.4. The monoisotopic (exact) mass is 303 g/mol. The van der Waals surface area contributed by atoms with Gasteiger partial charge in [-0.2, -0.15) is 0 Å². The molecule has 0 spiro atoms. The molecule has 1 aromatic rings. The number of anilines is 1. The molecule has 0 saturated carbocycles. The summed E-state index contributed by atoms with van der Waals surface area (Å²) in [5.41, 5.74) is -0.743. The predicted molar refractivity (Wildman–Crippen MR) is 68.0 cm³/mol. The van der Waals surface area contributed by atoms with Crippen LogP contribution in [0.1, 0.15) is 10.4 Å². The summed E-state index contributed by atoms with van der Waals surface area (Å²) in [5, 5.41) is 3.57. The van der Waals surface area contributed by atoms with Gasteiger partial charge in [0.25, 0.3) is 0 Å². The van der Waals surface area contributed by atoms with E-state index in [1.807, 2.05) is 0 Å². The van der Waals surface area contributed by atoms with Gasteiger partial charge in [-0.25, -0.2) is 22.0 Å². The summed E-state index contributed by atoms with van der Waals surface area (Å²) >= 11 is 0. The topological polar surface area (TPSA) is 72.5 Å². The number of halogens is 2. The van der Waals surface area contributed by atoms with Crippen LogP contribution in [0, 0.1) is 11.6 Å². The molecule has 0 radical (unpaired) electrons. The van der Waals surface area contributed by atoms with E-state index in [1.165, 1.54) is 6.08 Å². The number of carbonyl (C=O) groups excluding carboxylic acids is 1. The Morgan fingerprint density at radius 2 is 2.05 bits per heavy atom. The number of carbonyl (C=O) groups is 1. The molecule has 1 N–H and O–H groups in total. The molecular formula is C12H11F2NO4S. The second kappa shape index (κ2) is 5.20. The van der Waals surface area contributed by atoms with E-state index in [0.29, 0.717) is 0 Å². The van der Waals surface area contributed by atoms with Crippen LogP contribution in [-0.2, 0) is 14.6 Å². The maximum atomic E-state index is 13.8. The number of benzene rings is 1. The van der Waals surface area contributed by atoms with Crippen LogP contribution in [0.2, 0.25) is 0 Å². The third kappa shape index (κ3) is 2.79. The summed E-state index contributed by atoms with van der Waals surface area (Å²) in [7, 11) is -2.24. The van der Waals surface area contributed by atoms with Crippen LogP contribution >= 0.6 is 0 Å². The normalized spacial score (nSPS) is 19.9. The Morgan fingerprint density at radius 1 is 1.35 bits per heavy atom. The van der Waals surface area contributed by atoms with E-state index in [4.69, 9.17) is 0 Å². The van der Waals surface area contributed by atoms with Crippen molar-refractivity contribution in [3.63, 3.8) is 0 Å². The number of rotatable bonds is 3. The van der Waals surface area contributed by atoms with Crippen LogP contribution in [0.3, 0.4) is 0 Å². The zero-order valence-electron chi connectivity index (χ0n) is 10.4. The van der Waals surface area contributed by atoms with Crippen molar-refractivity contribution < 1.29 is 26.7 Å². The third-order valence-corrected chi connectivity index (χ3v) is 4.15. The lowest BCUT2D eigenvalue weighted by atomic mass is 10.1. The maximum absolute atomic E-state index is 13.8. The average Bonchev–Trinajstić information content (AvgIpc) is 2.74. The fourth-order valence-electron chi connectivity index (χ4n) is 1.79. The summed E-state index contributed by atoms with van der Waals surface area (Å²) in [5.74, 6) is -3.82. The van der Waals surface area contributed by atoms with Crippen LogP contribution in [0.25, 0.3) is 0 Å². The molecule has 0 aromatic heterocycles. The van der Waals surface area contributed by atoms with E-state index in [1.54, 1.807) is 0 Å². The molecular weight excluding hydrogens is 292 g/mol. The number of hydrogen-bond donors (Lipinski definition) is 1. The van der Waals surface area contributed by atoms with E-state index in [2.05, 4.69) is 10.1 Å². The van der Waals surface area contributed by atoms with Crippen molar-refractivity contribution in [1.29, 1.82) is 0 Å². The number of nitrogens with one attached hydrogen (secondary N) is 1. The summed E-state index contributed by atoms with van der Waals surface area (Å²) in [6, 6.07) is 1.58. The fraction of sp³-hybridized carbons (Fsp3) is 0.250. The van der Waals surface area contributed by atoms with Crippen molar-refractivity contribution in [2.24, 2.45) is 0 Å². The van der Waals surface area contributed by atoms with Gasteiger partial charge in [0, 0.05) is 5.41 Å². The van der Waals surface area contributed by atoms with Gasteiger partial charge in [-0.3, -0.25) is 0 Å². The van der Waals surface area contributed by atoms with Crippen LogP contribution in [-0.4, -0.2) is 33.3 Å². The van der Waals surface area contributed by atoms with Crippen molar-refractivity contribution in [3.8, 4) is 0 Å².